The predicted octanol–water partition coefficient (Wildman–Crippen LogP) is 3.31. The number of amides is 1. The van der Waals surface area contributed by atoms with E-state index in [1.165, 1.54) is 0 Å². The molecular weight excluding hydrogens is 356 g/mol. The number of likely N-dealkylation sites (N-methyl/N-ethyl adjacent to an activating group) is 1. The molecule has 1 N–H and O–H groups in total. The fraction of sp³-hybridized carbons (Fsp3) is 0.238. The van der Waals surface area contributed by atoms with Crippen LogP contribution in [0.25, 0.3) is 5.70 Å². The van der Waals surface area contributed by atoms with Gasteiger partial charge in [-0.1, -0.05) is 12.1 Å². The highest BCUT2D eigenvalue weighted by Gasteiger charge is 2.42. The monoisotopic (exact) mass is 376 g/mol. The van der Waals surface area contributed by atoms with Crippen LogP contribution >= 0.6 is 0 Å². The van der Waals surface area contributed by atoms with E-state index in [-0.39, 0.29) is 18.2 Å². The minimum Gasteiger partial charge on any atom is -0.497 e. The molecule has 2 aromatic rings. The summed E-state index contributed by atoms with van der Waals surface area (Å²) in [5, 5.41) is 11.5. The zero-order valence-electron chi connectivity index (χ0n) is 15.9. The van der Waals surface area contributed by atoms with Crippen LogP contribution < -0.4 is 10.1 Å². The van der Waals surface area contributed by atoms with Gasteiger partial charge in [0, 0.05) is 5.56 Å². The molecule has 142 valence electrons. The Labute approximate surface area is 162 Å². The van der Waals surface area contributed by atoms with E-state index in [2.05, 4.69) is 15.5 Å². The second-order valence-electron chi connectivity index (χ2n) is 6.99. The van der Waals surface area contributed by atoms with E-state index < -0.39 is 6.04 Å². The van der Waals surface area contributed by atoms with Crippen LogP contribution in [-0.2, 0) is 4.79 Å². The van der Waals surface area contributed by atoms with Gasteiger partial charge in [-0.3, -0.25) is 9.59 Å². The Hall–Kier alpha value is -3.32. The van der Waals surface area contributed by atoms with Crippen LogP contribution in [0.4, 0.5) is 5.69 Å². The van der Waals surface area contributed by atoms with E-state index >= 15 is 0 Å². The summed E-state index contributed by atoms with van der Waals surface area (Å²) in [4.78, 5) is 27.2. The molecule has 1 aliphatic heterocycles. The lowest BCUT2D eigenvalue weighted by Crippen LogP contribution is -2.27. The van der Waals surface area contributed by atoms with Gasteiger partial charge in [0.15, 0.2) is 5.78 Å². The molecule has 0 fully saturated rings. The Kier molecular flexibility index (Phi) is 4.52. The van der Waals surface area contributed by atoms with Crippen molar-refractivity contribution in [2.24, 2.45) is 10.2 Å². The van der Waals surface area contributed by atoms with Gasteiger partial charge in [0.1, 0.15) is 17.5 Å². The van der Waals surface area contributed by atoms with E-state index in [4.69, 9.17) is 4.74 Å². The summed E-state index contributed by atoms with van der Waals surface area (Å²) < 4.78 is 5.19. The molecule has 1 heterocycles. The Bertz CT molecular complexity index is 1020. The molecule has 0 saturated carbocycles. The average molecular weight is 376 g/mol. The molecule has 28 heavy (non-hydrogen) atoms. The molecule has 0 saturated heterocycles. The van der Waals surface area contributed by atoms with Crippen LogP contribution in [0.1, 0.15) is 27.5 Å². The van der Waals surface area contributed by atoms with Gasteiger partial charge in [0.25, 0.3) is 0 Å². The molecular formula is C21H20N4O3. The van der Waals surface area contributed by atoms with E-state index in [1.54, 1.807) is 18.1 Å². The van der Waals surface area contributed by atoms with Gasteiger partial charge in [0.05, 0.1) is 30.5 Å². The van der Waals surface area contributed by atoms with Gasteiger partial charge in [-0.2, -0.15) is 10.2 Å². The number of carbonyl (C=O) groups excluding carboxylic acids is 2. The summed E-state index contributed by atoms with van der Waals surface area (Å²) >= 11 is 0. The Morgan fingerprint density at radius 2 is 1.93 bits per heavy atom. The van der Waals surface area contributed by atoms with Crippen LogP contribution in [0.2, 0.25) is 0 Å². The van der Waals surface area contributed by atoms with Gasteiger partial charge >= 0.3 is 0 Å². The highest BCUT2D eigenvalue weighted by Crippen LogP contribution is 2.48. The quantitative estimate of drug-likeness (QED) is 0.868. The number of azo groups is 1. The minimum atomic E-state index is -0.426. The number of benzene rings is 2. The molecule has 4 rings (SSSR count). The van der Waals surface area contributed by atoms with Crippen molar-refractivity contribution in [3.05, 3.63) is 64.7 Å². The van der Waals surface area contributed by atoms with Crippen molar-refractivity contribution in [3.8, 4) is 5.75 Å². The molecule has 1 amide bonds. The number of anilines is 1. The van der Waals surface area contributed by atoms with E-state index in [1.807, 2.05) is 50.5 Å². The summed E-state index contributed by atoms with van der Waals surface area (Å²) in [6.07, 6.45) is 0. The summed E-state index contributed by atoms with van der Waals surface area (Å²) in [6.45, 7) is 0.237. The van der Waals surface area contributed by atoms with Crippen LogP contribution in [0.5, 0.6) is 5.75 Å². The molecule has 7 nitrogen and oxygen atoms in total. The first kappa shape index (κ1) is 18.1. The van der Waals surface area contributed by atoms with E-state index in [0.717, 1.165) is 16.9 Å². The van der Waals surface area contributed by atoms with Crippen molar-refractivity contribution in [1.29, 1.82) is 0 Å². The normalized spacial score (nSPS) is 17.1. The Balaban J connectivity index is 1.72. The molecule has 7 heteroatoms. The minimum absolute atomic E-state index is 0.142. The molecule has 0 spiro atoms. The first-order valence-electron chi connectivity index (χ1n) is 8.91. The Morgan fingerprint density at radius 1 is 1.18 bits per heavy atom. The van der Waals surface area contributed by atoms with Crippen molar-refractivity contribution in [2.75, 3.05) is 33.1 Å². The van der Waals surface area contributed by atoms with E-state index in [0.29, 0.717) is 22.5 Å². The summed E-state index contributed by atoms with van der Waals surface area (Å²) in [6, 6.07) is 12.4. The second kappa shape index (κ2) is 7.01. The lowest BCUT2D eigenvalue weighted by molar-refractivity contribution is -0.116. The number of methoxy groups -OCH3 is 1. The van der Waals surface area contributed by atoms with Gasteiger partial charge in [-0.05, 0) is 50.0 Å². The average Bonchev–Trinajstić information content (AvgIpc) is 3.22. The smallest absolute Gasteiger partial charge is 0.238 e. The fourth-order valence-electron chi connectivity index (χ4n) is 3.54. The number of fused-ring (bicyclic) bond motifs is 3. The lowest BCUT2D eigenvalue weighted by atomic mass is 10.0. The van der Waals surface area contributed by atoms with Crippen LogP contribution in [-0.4, -0.2) is 44.3 Å². The maximum absolute atomic E-state index is 13.2. The highest BCUT2D eigenvalue weighted by molar-refractivity contribution is 6.22. The second-order valence-corrected chi connectivity index (χ2v) is 6.99. The third kappa shape index (κ3) is 2.99. The van der Waals surface area contributed by atoms with Gasteiger partial charge in [-0.15, -0.1) is 0 Å². The van der Waals surface area contributed by atoms with Crippen molar-refractivity contribution in [2.45, 2.75) is 6.04 Å². The SMILES string of the molecule is COc1ccc(C2=C3C(=O)c4c(NC(=O)CN(C)C)cccc4C3N=N2)cc1. The van der Waals surface area contributed by atoms with Crippen molar-refractivity contribution in [1.82, 2.24) is 4.90 Å². The number of nitrogens with one attached hydrogen (secondary N) is 1. The van der Waals surface area contributed by atoms with Crippen molar-refractivity contribution < 1.29 is 14.3 Å². The fourth-order valence-corrected chi connectivity index (χ4v) is 3.54. The molecule has 1 aliphatic carbocycles. The van der Waals surface area contributed by atoms with Crippen molar-refractivity contribution >= 4 is 23.1 Å². The number of rotatable bonds is 5. The molecule has 2 aromatic carbocycles. The third-order valence-corrected chi connectivity index (χ3v) is 4.76. The molecule has 0 bridgehead atoms. The molecule has 1 unspecified atom stereocenters. The first-order chi connectivity index (χ1) is 13.5. The van der Waals surface area contributed by atoms with Gasteiger partial charge in [-0.25, -0.2) is 0 Å². The van der Waals surface area contributed by atoms with Gasteiger partial charge in [0.2, 0.25) is 5.91 Å². The number of hydrogen-bond donors (Lipinski definition) is 1. The molecule has 1 atom stereocenters. The molecule has 2 aliphatic rings. The number of Topliss-reactive ketones (excluding diaryl/α,β-unsaturated/α-hetero) is 1. The third-order valence-electron chi connectivity index (χ3n) is 4.76. The Morgan fingerprint density at radius 3 is 2.61 bits per heavy atom. The topological polar surface area (TPSA) is 83.4 Å². The lowest BCUT2D eigenvalue weighted by Gasteiger charge is -2.12. The predicted molar refractivity (Wildman–Crippen MR) is 105 cm³/mol. The largest absolute Gasteiger partial charge is 0.497 e. The standard InChI is InChI=1S/C21H20N4O3/c1-25(2)11-16(26)22-15-6-4-5-14-17(15)21(27)18-19(23-24-20(14)18)12-7-9-13(28-3)10-8-12/h4-10,20H,11H2,1-3H3,(H,22,26). The van der Waals surface area contributed by atoms with Crippen LogP contribution in [0, 0.1) is 0 Å². The number of nitrogens with zero attached hydrogens (tertiary/aromatic N) is 3. The highest BCUT2D eigenvalue weighted by atomic mass is 16.5. The maximum Gasteiger partial charge on any atom is 0.238 e. The number of ketones is 1. The summed E-state index contributed by atoms with van der Waals surface area (Å²) in [7, 11) is 5.24. The summed E-state index contributed by atoms with van der Waals surface area (Å²) in [5.41, 5.74) is 3.71. The zero-order chi connectivity index (χ0) is 19.8. The van der Waals surface area contributed by atoms with Crippen molar-refractivity contribution in [3.63, 3.8) is 0 Å². The van der Waals surface area contributed by atoms with Gasteiger partial charge < -0.3 is 15.0 Å². The number of carbonyl (C=O) groups is 2. The van der Waals surface area contributed by atoms with Crippen LogP contribution in [0.3, 0.4) is 0 Å². The molecule has 0 radical (unpaired) electrons. The first-order valence-corrected chi connectivity index (χ1v) is 8.91. The number of hydrogen-bond acceptors (Lipinski definition) is 6. The molecule has 0 aromatic heterocycles. The van der Waals surface area contributed by atoms with E-state index in [9.17, 15) is 9.59 Å². The maximum atomic E-state index is 13.2. The summed E-state index contributed by atoms with van der Waals surface area (Å²) in [5.74, 6) is 0.415. The zero-order valence-corrected chi connectivity index (χ0v) is 15.9. The number of ether oxygens (including phenoxy) is 1. The van der Waals surface area contributed by atoms with Crippen LogP contribution in [0.15, 0.2) is 58.3 Å².